The van der Waals surface area contributed by atoms with Crippen molar-refractivity contribution in [3.8, 4) is 0 Å². The van der Waals surface area contributed by atoms with Gasteiger partial charge in [0, 0.05) is 12.6 Å². The van der Waals surface area contributed by atoms with Crippen molar-refractivity contribution in [3.05, 3.63) is 47.5 Å². The Hall–Kier alpha value is -1.52. The van der Waals surface area contributed by atoms with Crippen LogP contribution in [0.1, 0.15) is 18.4 Å². The molecule has 0 aromatic heterocycles. The molecular weight excluding hydrogens is 258 g/mol. The van der Waals surface area contributed by atoms with Gasteiger partial charge in [-0.25, -0.2) is 8.78 Å². The smallest absolute Gasteiger partial charge is 0.133 e. The molecule has 4 heteroatoms. The number of nitrogens with two attached hydrogens (primary N) is 1. The molecule has 0 unspecified atom stereocenters. The molecule has 1 heterocycles. The van der Waals surface area contributed by atoms with Gasteiger partial charge in [0.05, 0.1) is 5.39 Å². The van der Waals surface area contributed by atoms with Gasteiger partial charge in [-0.05, 0) is 49.0 Å². The van der Waals surface area contributed by atoms with Gasteiger partial charge in [-0.2, -0.15) is 0 Å². The summed E-state index contributed by atoms with van der Waals surface area (Å²) in [6.45, 7) is 2.59. The normalized spacial score (nSPS) is 17.8. The van der Waals surface area contributed by atoms with Crippen molar-refractivity contribution < 1.29 is 8.78 Å². The third-order valence-corrected chi connectivity index (χ3v) is 4.06. The van der Waals surface area contributed by atoms with Gasteiger partial charge in [0.25, 0.3) is 0 Å². The Labute approximate surface area is 117 Å². The van der Waals surface area contributed by atoms with E-state index < -0.39 is 11.6 Å². The number of nitrogens with zero attached hydrogens (tertiary/aromatic N) is 1. The van der Waals surface area contributed by atoms with Crippen LogP contribution in [0.4, 0.5) is 8.78 Å². The van der Waals surface area contributed by atoms with Crippen LogP contribution in [-0.4, -0.2) is 24.0 Å². The van der Waals surface area contributed by atoms with Gasteiger partial charge in [-0.1, -0.05) is 18.2 Å². The zero-order valence-electron chi connectivity index (χ0n) is 11.3. The highest BCUT2D eigenvalue weighted by Gasteiger charge is 2.18. The second-order valence-corrected chi connectivity index (χ2v) is 5.48. The summed E-state index contributed by atoms with van der Waals surface area (Å²) in [5.74, 6) is -0.995. The van der Waals surface area contributed by atoms with Crippen LogP contribution in [-0.2, 0) is 6.54 Å². The van der Waals surface area contributed by atoms with Gasteiger partial charge in [0.2, 0.25) is 0 Å². The van der Waals surface area contributed by atoms with Crippen LogP contribution in [0.25, 0.3) is 10.8 Å². The molecule has 1 aliphatic rings. The van der Waals surface area contributed by atoms with E-state index in [1.807, 2.05) is 0 Å². The predicted octanol–water partition coefficient (Wildman–Crippen LogP) is 3.04. The lowest BCUT2D eigenvalue weighted by atomic mass is 10.0. The van der Waals surface area contributed by atoms with Crippen LogP contribution in [0.15, 0.2) is 30.3 Å². The maximum Gasteiger partial charge on any atom is 0.133 e. The zero-order valence-corrected chi connectivity index (χ0v) is 11.3. The lowest BCUT2D eigenvalue weighted by molar-refractivity contribution is 0.206. The Bertz CT molecular complexity index is 611. The molecule has 1 saturated heterocycles. The monoisotopic (exact) mass is 276 g/mol. The third kappa shape index (κ3) is 2.53. The molecule has 20 heavy (non-hydrogen) atoms. The molecule has 1 fully saturated rings. The van der Waals surface area contributed by atoms with Crippen LogP contribution >= 0.6 is 0 Å². The van der Waals surface area contributed by atoms with Crippen molar-refractivity contribution >= 4 is 10.8 Å². The summed E-state index contributed by atoms with van der Waals surface area (Å²) in [5, 5.41) is 0.763. The summed E-state index contributed by atoms with van der Waals surface area (Å²) in [6.07, 6.45) is 1.96. The Balaban J connectivity index is 1.92. The van der Waals surface area contributed by atoms with E-state index in [9.17, 15) is 8.78 Å². The standard InChI is InChI=1S/C16H18F2N2/c17-14-3-1-2-13-11(4-5-15(18)16(13)14)10-20-8-6-12(19)7-9-20/h1-5,12H,6-10,19H2. The summed E-state index contributed by atoms with van der Waals surface area (Å²) in [4.78, 5) is 2.29. The second kappa shape index (κ2) is 5.46. The van der Waals surface area contributed by atoms with E-state index in [1.165, 1.54) is 12.1 Å². The molecular formula is C16H18F2N2. The van der Waals surface area contributed by atoms with Crippen molar-refractivity contribution in [2.24, 2.45) is 5.73 Å². The van der Waals surface area contributed by atoms with Crippen LogP contribution in [0.2, 0.25) is 0 Å². The molecule has 0 spiro atoms. The van der Waals surface area contributed by atoms with Gasteiger partial charge in [-0.3, -0.25) is 4.90 Å². The summed E-state index contributed by atoms with van der Waals surface area (Å²) >= 11 is 0. The fourth-order valence-corrected chi connectivity index (χ4v) is 2.87. The average molecular weight is 276 g/mol. The highest BCUT2D eigenvalue weighted by Crippen LogP contribution is 2.26. The highest BCUT2D eigenvalue weighted by molar-refractivity contribution is 5.86. The molecule has 2 nitrogen and oxygen atoms in total. The first-order valence-electron chi connectivity index (χ1n) is 6.98. The number of likely N-dealkylation sites (tertiary alicyclic amines) is 1. The van der Waals surface area contributed by atoms with Crippen molar-refractivity contribution in [2.75, 3.05) is 13.1 Å². The number of rotatable bonds is 2. The number of fused-ring (bicyclic) bond motifs is 1. The molecule has 2 aromatic carbocycles. The highest BCUT2D eigenvalue weighted by atomic mass is 19.1. The van der Waals surface area contributed by atoms with E-state index in [-0.39, 0.29) is 11.4 Å². The average Bonchev–Trinajstić information content (AvgIpc) is 2.44. The van der Waals surface area contributed by atoms with Gasteiger partial charge >= 0.3 is 0 Å². The van der Waals surface area contributed by atoms with Crippen LogP contribution < -0.4 is 5.73 Å². The number of hydrogen-bond acceptors (Lipinski definition) is 2. The lowest BCUT2D eigenvalue weighted by Crippen LogP contribution is -2.39. The fourth-order valence-electron chi connectivity index (χ4n) is 2.87. The number of piperidine rings is 1. The van der Waals surface area contributed by atoms with Gasteiger partial charge in [0.1, 0.15) is 11.6 Å². The van der Waals surface area contributed by atoms with E-state index in [4.69, 9.17) is 5.73 Å². The van der Waals surface area contributed by atoms with Gasteiger partial charge in [0.15, 0.2) is 0 Å². The van der Waals surface area contributed by atoms with E-state index in [0.717, 1.165) is 31.5 Å². The Kier molecular flexibility index (Phi) is 3.68. The Morgan fingerprint density at radius 1 is 1.05 bits per heavy atom. The van der Waals surface area contributed by atoms with Gasteiger partial charge in [-0.15, -0.1) is 0 Å². The van der Waals surface area contributed by atoms with Crippen LogP contribution in [0.5, 0.6) is 0 Å². The van der Waals surface area contributed by atoms with Crippen LogP contribution in [0, 0.1) is 11.6 Å². The molecule has 3 rings (SSSR count). The quantitative estimate of drug-likeness (QED) is 0.913. The molecule has 0 bridgehead atoms. The Morgan fingerprint density at radius 3 is 2.50 bits per heavy atom. The Morgan fingerprint density at radius 2 is 1.75 bits per heavy atom. The molecule has 1 aliphatic heterocycles. The van der Waals surface area contributed by atoms with Crippen molar-refractivity contribution in [1.29, 1.82) is 0 Å². The topological polar surface area (TPSA) is 29.3 Å². The first-order chi connectivity index (χ1) is 9.65. The summed E-state index contributed by atoms with van der Waals surface area (Å²) in [5.41, 5.74) is 6.86. The lowest BCUT2D eigenvalue weighted by Gasteiger charge is -2.30. The molecule has 0 atom stereocenters. The first kappa shape index (κ1) is 13.5. The van der Waals surface area contributed by atoms with Crippen molar-refractivity contribution in [3.63, 3.8) is 0 Å². The van der Waals surface area contributed by atoms with E-state index in [0.29, 0.717) is 11.9 Å². The molecule has 106 valence electrons. The molecule has 2 aromatic rings. The molecule has 0 aliphatic carbocycles. The molecule has 0 saturated carbocycles. The van der Waals surface area contributed by atoms with E-state index >= 15 is 0 Å². The number of halogens is 2. The molecule has 2 N–H and O–H groups in total. The van der Waals surface area contributed by atoms with Crippen molar-refractivity contribution in [2.45, 2.75) is 25.4 Å². The van der Waals surface area contributed by atoms with Gasteiger partial charge < -0.3 is 5.73 Å². The van der Waals surface area contributed by atoms with E-state index in [2.05, 4.69) is 4.90 Å². The molecule has 0 amide bonds. The zero-order chi connectivity index (χ0) is 14.1. The number of hydrogen-bond donors (Lipinski definition) is 1. The summed E-state index contributed by atoms with van der Waals surface area (Å²) in [7, 11) is 0. The second-order valence-electron chi connectivity index (χ2n) is 5.48. The third-order valence-electron chi connectivity index (χ3n) is 4.06. The summed E-state index contributed by atoms with van der Waals surface area (Å²) < 4.78 is 27.6. The minimum atomic E-state index is -0.498. The fraction of sp³-hybridized carbons (Fsp3) is 0.375. The first-order valence-corrected chi connectivity index (χ1v) is 6.98. The SMILES string of the molecule is NC1CCN(Cc2ccc(F)c3c(F)cccc23)CC1. The van der Waals surface area contributed by atoms with Crippen LogP contribution in [0.3, 0.4) is 0 Å². The largest absolute Gasteiger partial charge is 0.328 e. The van der Waals surface area contributed by atoms with E-state index in [1.54, 1.807) is 18.2 Å². The summed E-state index contributed by atoms with van der Waals surface area (Å²) in [6, 6.07) is 8.12. The molecule has 0 radical (unpaired) electrons. The minimum Gasteiger partial charge on any atom is -0.328 e. The number of benzene rings is 2. The predicted molar refractivity (Wildman–Crippen MR) is 76.4 cm³/mol. The maximum atomic E-state index is 13.8. The maximum absolute atomic E-state index is 13.8. The minimum absolute atomic E-state index is 0.0960. The van der Waals surface area contributed by atoms with Crippen molar-refractivity contribution in [1.82, 2.24) is 4.90 Å².